The molecule has 0 spiro atoms. The van der Waals surface area contributed by atoms with Gasteiger partial charge in [-0.3, -0.25) is 0 Å². The third-order valence-electron chi connectivity index (χ3n) is 4.59. The fraction of sp³-hybridized carbons (Fsp3) is 1.00. The van der Waals surface area contributed by atoms with Crippen LogP contribution in [0.15, 0.2) is 0 Å². The van der Waals surface area contributed by atoms with E-state index < -0.39 is 0 Å². The molecule has 0 aromatic heterocycles. The van der Waals surface area contributed by atoms with Gasteiger partial charge in [-0.2, -0.15) is 0 Å². The zero-order valence-corrected chi connectivity index (χ0v) is 11.5. The summed E-state index contributed by atoms with van der Waals surface area (Å²) in [6.07, 6.45) is 2.07. The minimum Gasteiger partial charge on any atom is -0.392 e. The molecule has 0 amide bonds. The second-order valence-corrected chi connectivity index (χ2v) is 7.54. The highest BCUT2D eigenvalue weighted by Crippen LogP contribution is 2.56. The number of hydrogen-bond acceptors (Lipinski definition) is 1. The number of rotatable bonds is 1. The molecule has 0 atom stereocenters. The molecule has 0 aliphatic heterocycles. The van der Waals surface area contributed by atoms with Gasteiger partial charge in [0.2, 0.25) is 0 Å². The van der Waals surface area contributed by atoms with Gasteiger partial charge in [0.1, 0.15) is 0 Å². The molecule has 0 saturated heterocycles. The maximum absolute atomic E-state index is 10.4. The van der Waals surface area contributed by atoms with Crippen LogP contribution < -0.4 is 0 Å². The largest absolute Gasteiger partial charge is 0.392 e. The van der Waals surface area contributed by atoms with Crippen LogP contribution in [0, 0.1) is 22.2 Å². The molecule has 0 radical (unpaired) electrons. The number of aliphatic hydroxyl groups excluding tert-OH is 1. The standard InChI is InChI=1S/C14H28O/c1-10(2)14(7)8-12(3,4)11(15)13(5,6)9-14/h10-11,15H,8-9H2,1-7H3. The average molecular weight is 212 g/mol. The summed E-state index contributed by atoms with van der Waals surface area (Å²) in [6, 6.07) is 0. The van der Waals surface area contributed by atoms with E-state index in [-0.39, 0.29) is 16.9 Å². The molecule has 1 N–H and O–H groups in total. The van der Waals surface area contributed by atoms with E-state index in [0.717, 1.165) is 12.8 Å². The van der Waals surface area contributed by atoms with E-state index in [1.807, 2.05) is 0 Å². The first kappa shape index (κ1) is 13.0. The van der Waals surface area contributed by atoms with E-state index in [1.54, 1.807) is 0 Å². The molecule has 0 unspecified atom stereocenters. The Labute approximate surface area is 95.3 Å². The Balaban J connectivity index is 3.04. The van der Waals surface area contributed by atoms with Gasteiger partial charge >= 0.3 is 0 Å². The molecule has 1 saturated carbocycles. The van der Waals surface area contributed by atoms with Gasteiger partial charge in [-0.05, 0) is 35.0 Å². The van der Waals surface area contributed by atoms with E-state index in [4.69, 9.17) is 0 Å². The lowest BCUT2D eigenvalue weighted by molar-refractivity contribution is -0.132. The summed E-state index contributed by atoms with van der Waals surface area (Å²) in [7, 11) is 0. The molecule has 1 heteroatoms. The molecule has 15 heavy (non-hydrogen) atoms. The van der Waals surface area contributed by atoms with Crippen molar-refractivity contribution < 1.29 is 5.11 Å². The zero-order chi connectivity index (χ0) is 12.1. The van der Waals surface area contributed by atoms with Crippen LogP contribution in [0.25, 0.3) is 0 Å². The summed E-state index contributed by atoms with van der Waals surface area (Å²) in [6.45, 7) is 15.8. The van der Waals surface area contributed by atoms with Crippen molar-refractivity contribution in [3.8, 4) is 0 Å². The lowest BCUT2D eigenvalue weighted by Gasteiger charge is -2.55. The molecule has 0 aromatic carbocycles. The lowest BCUT2D eigenvalue weighted by atomic mass is 9.51. The van der Waals surface area contributed by atoms with Crippen LogP contribution in [0.2, 0.25) is 0 Å². The van der Waals surface area contributed by atoms with Gasteiger partial charge in [-0.15, -0.1) is 0 Å². The Morgan fingerprint density at radius 3 is 1.53 bits per heavy atom. The van der Waals surface area contributed by atoms with Gasteiger partial charge in [-0.1, -0.05) is 48.5 Å². The van der Waals surface area contributed by atoms with Crippen LogP contribution in [0.3, 0.4) is 0 Å². The van der Waals surface area contributed by atoms with Crippen molar-refractivity contribution in [2.75, 3.05) is 0 Å². The van der Waals surface area contributed by atoms with E-state index in [0.29, 0.717) is 11.3 Å². The summed E-state index contributed by atoms with van der Waals surface area (Å²) >= 11 is 0. The topological polar surface area (TPSA) is 20.2 Å². The van der Waals surface area contributed by atoms with Crippen molar-refractivity contribution in [3.63, 3.8) is 0 Å². The third-order valence-corrected chi connectivity index (χ3v) is 4.59. The quantitative estimate of drug-likeness (QED) is 0.700. The average Bonchev–Trinajstić information content (AvgIpc) is 1.98. The van der Waals surface area contributed by atoms with Gasteiger partial charge in [0, 0.05) is 0 Å². The molecular weight excluding hydrogens is 184 g/mol. The Hall–Kier alpha value is -0.0400. The van der Waals surface area contributed by atoms with Crippen molar-refractivity contribution in [2.24, 2.45) is 22.2 Å². The van der Waals surface area contributed by atoms with Crippen LogP contribution in [0.4, 0.5) is 0 Å². The Bertz CT molecular complexity index is 220. The maximum Gasteiger partial charge on any atom is 0.0642 e. The van der Waals surface area contributed by atoms with Gasteiger partial charge < -0.3 is 5.11 Å². The normalized spacial score (nSPS) is 39.4. The molecule has 1 fully saturated rings. The fourth-order valence-electron chi connectivity index (χ4n) is 3.80. The molecule has 0 aromatic rings. The van der Waals surface area contributed by atoms with Crippen molar-refractivity contribution in [1.29, 1.82) is 0 Å². The number of hydrogen-bond donors (Lipinski definition) is 1. The van der Waals surface area contributed by atoms with Crippen molar-refractivity contribution in [3.05, 3.63) is 0 Å². The molecule has 1 nitrogen and oxygen atoms in total. The maximum atomic E-state index is 10.4. The minimum atomic E-state index is -0.183. The summed E-state index contributed by atoms with van der Waals surface area (Å²) in [4.78, 5) is 0. The number of aliphatic hydroxyl groups is 1. The molecule has 1 rings (SSSR count). The van der Waals surface area contributed by atoms with Crippen LogP contribution in [-0.2, 0) is 0 Å². The first-order chi connectivity index (χ1) is 6.51. The third kappa shape index (κ3) is 2.22. The summed E-state index contributed by atoms with van der Waals surface area (Å²) in [5.74, 6) is 0.684. The zero-order valence-electron chi connectivity index (χ0n) is 11.5. The van der Waals surface area contributed by atoms with Crippen LogP contribution in [-0.4, -0.2) is 11.2 Å². The SMILES string of the molecule is CC(C)C1(C)CC(C)(C)C(O)C(C)(C)C1. The van der Waals surface area contributed by atoms with E-state index in [9.17, 15) is 5.11 Å². The van der Waals surface area contributed by atoms with Gasteiger partial charge in [0.15, 0.2) is 0 Å². The predicted octanol–water partition coefficient (Wildman–Crippen LogP) is 3.86. The molecule has 0 bridgehead atoms. The second-order valence-electron chi connectivity index (χ2n) is 7.54. The van der Waals surface area contributed by atoms with Crippen LogP contribution in [0.1, 0.15) is 61.3 Å². The van der Waals surface area contributed by atoms with Gasteiger partial charge in [0.05, 0.1) is 6.10 Å². The van der Waals surface area contributed by atoms with Crippen LogP contribution >= 0.6 is 0 Å². The van der Waals surface area contributed by atoms with Crippen molar-refractivity contribution >= 4 is 0 Å². The summed E-state index contributed by atoms with van der Waals surface area (Å²) in [5.41, 5.74) is 0.452. The van der Waals surface area contributed by atoms with Gasteiger partial charge in [-0.25, -0.2) is 0 Å². The molecule has 1 aliphatic carbocycles. The van der Waals surface area contributed by atoms with Crippen molar-refractivity contribution in [1.82, 2.24) is 0 Å². The summed E-state index contributed by atoms with van der Waals surface area (Å²) in [5, 5.41) is 10.4. The van der Waals surface area contributed by atoms with Crippen molar-refractivity contribution in [2.45, 2.75) is 67.4 Å². The fourth-order valence-corrected chi connectivity index (χ4v) is 3.80. The highest BCUT2D eigenvalue weighted by Gasteiger charge is 2.51. The first-order valence-electron chi connectivity index (χ1n) is 6.19. The van der Waals surface area contributed by atoms with E-state index in [2.05, 4.69) is 48.5 Å². The molecule has 1 aliphatic rings. The Morgan fingerprint density at radius 1 is 0.933 bits per heavy atom. The minimum absolute atomic E-state index is 0.0424. The second kappa shape index (κ2) is 3.48. The molecule has 0 heterocycles. The highest BCUT2D eigenvalue weighted by molar-refractivity contribution is 5.01. The Kier molecular flexibility index (Phi) is 3.02. The molecular formula is C14H28O. The van der Waals surface area contributed by atoms with Gasteiger partial charge in [0.25, 0.3) is 0 Å². The van der Waals surface area contributed by atoms with Crippen LogP contribution in [0.5, 0.6) is 0 Å². The van der Waals surface area contributed by atoms with E-state index >= 15 is 0 Å². The summed E-state index contributed by atoms with van der Waals surface area (Å²) < 4.78 is 0. The highest BCUT2D eigenvalue weighted by atomic mass is 16.3. The monoisotopic (exact) mass is 212 g/mol. The lowest BCUT2D eigenvalue weighted by Crippen LogP contribution is -2.52. The smallest absolute Gasteiger partial charge is 0.0642 e. The Morgan fingerprint density at radius 2 is 1.27 bits per heavy atom. The first-order valence-corrected chi connectivity index (χ1v) is 6.19. The molecule has 90 valence electrons. The predicted molar refractivity (Wildman–Crippen MR) is 65.7 cm³/mol. The van der Waals surface area contributed by atoms with E-state index in [1.165, 1.54) is 0 Å².